The van der Waals surface area contributed by atoms with Gasteiger partial charge in [-0.15, -0.1) is 0 Å². The van der Waals surface area contributed by atoms with Crippen LogP contribution in [0.3, 0.4) is 0 Å². The van der Waals surface area contributed by atoms with Crippen LogP contribution in [0.15, 0.2) is 18.2 Å². The van der Waals surface area contributed by atoms with Gasteiger partial charge >= 0.3 is 0 Å². The molecular formula is C13H17F2NO2. The monoisotopic (exact) mass is 257 g/mol. The molecule has 0 aliphatic carbocycles. The Labute approximate surface area is 105 Å². The van der Waals surface area contributed by atoms with E-state index >= 15 is 0 Å². The molecule has 0 aliphatic rings. The van der Waals surface area contributed by atoms with Gasteiger partial charge in [-0.2, -0.15) is 0 Å². The Kier molecular flexibility index (Phi) is 5.71. The normalized spacial score (nSPS) is 10.4. The van der Waals surface area contributed by atoms with Gasteiger partial charge in [-0.05, 0) is 31.4 Å². The smallest absolute Gasteiger partial charge is 0.256 e. The van der Waals surface area contributed by atoms with Crippen molar-refractivity contribution in [3.05, 3.63) is 35.4 Å². The molecular weight excluding hydrogens is 240 g/mol. The molecule has 0 aliphatic heterocycles. The zero-order valence-electron chi connectivity index (χ0n) is 10.3. The molecule has 0 saturated carbocycles. The minimum atomic E-state index is -0.845. The van der Waals surface area contributed by atoms with Gasteiger partial charge in [0.15, 0.2) is 0 Å². The summed E-state index contributed by atoms with van der Waals surface area (Å²) in [6.07, 6.45) is 2.23. The molecule has 1 N–H and O–H groups in total. The van der Waals surface area contributed by atoms with Crippen LogP contribution in [0.1, 0.15) is 29.6 Å². The van der Waals surface area contributed by atoms with Crippen LogP contribution in [0.25, 0.3) is 0 Å². The second kappa shape index (κ2) is 7.06. The van der Waals surface area contributed by atoms with E-state index < -0.39 is 17.5 Å². The molecule has 0 saturated heterocycles. The van der Waals surface area contributed by atoms with Crippen LogP contribution in [0.4, 0.5) is 8.78 Å². The van der Waals surface area contributed by atoms with E-state index in [1.54, 1.807) is 7.05 Å². The predicted octanol–water partition coefficient (Wildman–Crippen LogP) is 2.20. The quantitative estimate of drug-likeness (QED) is 0.794. The first-order valence-electron chi connectivity index (χ1n) is 5.87. The minimum absolute atomic E-state index is 0.124. The Balaban J connectivity index is 2.57. The van der Waals surface area contributed by atoms with E-state index in [2.05, 4.69) is 0 Å². The highest BCUT2D eigenvalue weighted by Crippen LogP contribution is 2.12. The fraction of sp³-hybridized carbons (Fsp3) is 0.462. The third-order valence-corrected chi connectivity index (χ3v) is 2.66. The number of benzene rings is 1. The summed E-state index contributed by atoms with van der Waals surface area (Å²) in [5.41, 5.74) is -0.124. The van der Waals surface area contributed by atoms with Crippen molar-refractivity contribution in [3.63, 3.8) is 0 Å². The summed E-state index contributed by atoms with van der Waals surface area (Å²) in [6.45, 7) is 0.611. The summed E-state index contributed by atoms with van der Waals surface area (Å²) in [5.74, 6) is -2.01. The molecule has 0 bridgehead atoms. The number of hydrogen-bond donors (Lipinski definition) is 1. The number of hydrogen-bond acceptors (Lipinski definition) is 2. The molecule has 100 valence electrons. The van der Waals surface area contributed by atoms with Crippen LogP contribution in [0, 0.1) is 11.6 Å². The Morgan fingerprint density at radius 2 is 2.00 bits per heavy atom. The van der Waals surface area contributed by atoms with Crippen LogP contribution in [-0.4, -0.2) is 36.1 Å². The van der Waals surface area contributed by atoms with Crippen LogP contribution in [0.5, 0.6) is 0 Å². The summed E-state index contributed by atoms with van der Waals surface area (Å²) in [7, 11) is 1.57. The Morgan fingerprint density at radius 1 is 1.28 bits per heavy atom. The number of carbonyl (C=O) groups excluding carboxylic acids is 1. The summed E-state index contributed by atoms with van der Waals surface area (Å²) in [6, 6.07) is 2.92. The summed E-state index contributed by atoms with van der Waals surface area (Å²) >= 11 is 0. The first-order chi connectivity index (χ1) is 8.56. The molecule has 1 amide bonds. The molecule has 0 atom stereocenters. The zero-order valence-corrected chi connectivity index (χ0v) is 10.3. The van der Waals surface area contributed by atoms with E-state index in [-0.39, 0.29) is 12.2 Å². The molecule has 1 aromatic carbocycles. The summed E-state index contributed by atoms with van der Waals surface area (Å²) < 4.78 is 26.1. The highest BCUT2D eigenvalue weighted by Gasteiger charge is 2.16. The lowest BCUT2D eigenvalue weighted by Gasteiger charge is -2.17. The van der Waals surface area contributed by atoms with Crippen molar-refractivity contribution >= 4 is 5.91 Å². The highest BCUT2D eigenvalue weighted by atomic mass is 19.1. The van der Waals surface area contributed by atoms with Crippen LogP contribution in [-0.2, 0) is 0 Å². The molecule has 0 radical (unpaired) electrons. The number of amides is 1. The Bertz CT molecular complexity index is 410. The van der Waals surface area contributed by atoms with Crippen LogP contribution in [0.2, 0.25) is 0 Å². The van der Waals surface area contributed by atoms with E-state index in [1.165, 1.54) is 4.90 Å². The number of halogens is 2. The van der Waals surface area contributed by atoms with Crippen molar-refractivity contribution in [2.24, 2.45) is 0 Å². The lowest BCUT2D eigenvalue weighted by molar-refractivity contribution is 0.0787. The van der Waals surface area contributed by atoms with Gasteiger partial charge < -0.3 is 10.0 Å². The van der Waals surface area contributed by atoms with Crippen molar-refractivity contribution in [3.8, 4) is 0 Å². The van der Waals surface area contributed by atoms with E-state index in [0.29, 0.717) is 19.0 Å². The van der Waals surface area contributed by atoms with E-state index in [0.717, 1.165) is 25.0 Å². The Hall–Kier alpha value is -1.49. The summed E-state index contributed by atoms with van der Waals surface area (Å²) in [4.78, 5) is 13.3. The molecule has 3 nitrogen and oxygen atoms in total. The largest absolute Gasteiger partial charge is 0.396 e. The fourth-order valence-electron chi connectivity index (χ4n) is 1.61. The van der Waals surface area contributed by atoms with Crippen molar-refractivity contribution in [2.75, 3.05) is 20.2 Å². The summed E-state index contributed by atoms with van der Waals surface area (Å²) in [5, 5.41) is 8.62. The first-order valence-corrected chi connectivity index (χ1v) is 5.87. The van der Waals surface area contributed by atoms with Crippen molar-refractivity contribution in [1.82, 2.24) is 4.90 Å². The molecule has 0 fully saturated rings. The fourth-order valence-corrected chi connectivity index (χ4v) is 1.61. The van der Waals surface area contributed by atoms with Crippen molar-refractivity contribution < 1.29 is 18.7 Å². The van der Waals surface area contributed by atoms with Crippen LogP contribution >= 0.6 is 0 Å². The number of carbonyl (C=O) groups is 1. The second-order valence-corrected chi connectivity index (χ2v) is 4.14. The Morgan fingerprint density at radius 3 is 2.61 bits per heavy atom. The van der Waals surface area contributed by atoms with E-state index in [1.807, 2.05) is 0 Å². The average Bonchev–Trinajstić information content (AvgIpc) is 2.33. The zero-order chi connectivity index (χ0) is 13.5. The number of rotatable bonds is 6. The standard InChI is InChI=1S/C13H17F2NO2/c1-16(7-3-2-4-8-17)13(18)11-6-5-10(14)9-12(11)15/h5-6,9,17H,2-4,7-8H2,1H3. The van der Waals surface area contributed by atoms with E-state index in [4.69, 9.17) is 5.11 Å². The topological polar surface area (TPSA) is 40.5 Å². The number of unbranched alkanes of at least 4 members (excludes halogenated alkanes) is 2. The lowest BCUT2D eigenvalue weighted by atomic mass is 10.1. The van der Waals surface area contributed by atoms with Gasteiger partial charge in [0.1, 0.15) is 11.6 Å². The molecule has 1 rings (SSSR count). The van der Waals surface area contributed by atoms with Gasteiger partial charge in [-0.25, -0.2) is 8.78 Å². The second-order valence-electron chi connectivity index (χ2n) is 4.14. The maximum atomic E-state index is 13.4. The minimum Gasteiger partial charge on any atom is -0.396 e. The van der Waals surface area contributed by atoms with Gasteiger partial charge in [-0.1, -0.05) is 0 Å². The third kappa shape index (κ3) is 4.07. The lowest BCUT2D eigenvalue weighted by Crippen LogP contribution is -2.28. The van der Waals surface area contributed by atoms with Gasteiger partial charge in [0.05, 0.1) is 5.56 Å². The predicted molar refractivity (Wildman–Crippen MR) is 64.3 cm³/mol. The average molecular weight is 257 g/mol. The van der Waals surface area contributed by atoms with Crippen molar-refractivity contribution in [1.29, 1.82) is 0 Å². The van der Waals surface area contributed by atoms with Gasteiger partial charge in [0.25, 0.3) is 5.91 Å². The molecule has 1 aromatic rings. The highest BCUT2D eigenvalue weighted by molar-refractivity contribution is 5.94. The SMILES string of the molecule is CN(CCCCCO)C(=O)c1ccc(F)cc1F. The van der Waals surface area contributed by atoms with Gasteiger partial charge in [-0.3, -0.25) is 4.79 Å². The molecule has 0 spiro atoms. The van der Waals surface area contributed by atoms with Gasteiger partial charge in [0.2, 0.25) is 0 Å². The maximum Gasteiger partial charge on any atom is 0.256 e. The molecule has 0 unspecified atom stereocenters. The van der Waals surface area contributed by atoms with E-state index in [9.17, 15) is 13.6 Å². The molecule has 0 heterocycles. The molecule has 18 heavy (non-hydrogen) atoms. The third-order valence-electron chi connectivity index (χ3n) is 2.66. The van der Waals surface area contributed by atoms with Gasteiger partial charge in [0, 0.05) is 26.3 Å². The maximum absolute atomic E-state index is 13.4. The number of aliphatic hydroxyl groups is 1. The molecule has 5 heteroatoms. The number of nitrogens with zero attached hydrogens (tertiary/aromatic N) is 1. The first kappa shape index (κ1) is 14.6. The number of aliphatic hydroxyl groups excluding tert-OH is 1. The van der Waals surface area contributed by atoms with Crippen molar-refractivity contribution in [2.45, 2.75) is 19.3 Å². The van der Waals surface area contributed by atoms with Crippen LogP contribution < -0.4 is 0 Å². The molecule has 0 aromatic heterocycles.